The van der Waals surface area contributed by atoms with E-state index in [1.807, 2.05) is 5.57 Å². The Morgan fingerprint density at radius 3 is 2.36 bits per heavy atom. The van der Waals surface area contributed by atoms with Crippen molar-refractivity contribution in [1.82, 2.24) is 0 Å². The van der Waals surface area contributed by atoms with Crippen molar-refractivity contribution in [3.63, 3.8) is 0 Å². The van der Waals surface area contributed by atoms with Gasteiger partial charge in [-0.1, -0.05) is 85.3 Å². The number of hydrogen-bond acceptors (Lipinski definition) is 0. The maximum atomic E-state index is 2.82. The molecule has 0 aromatic heterocycles. The topological polar surface area (TPSA) is 0 Å². The Kier molecular flexibility index (Phi) is 8.44. The second-order valence-electron chi connectivity index (χ2n) is 13.6. The van der Waals surface area contributed by atoms with E-state index in [9.17, 15) is 0 Å². The molecule has 0 spiro atoms. The highest BCUT2D eigenvalue weighted by molar-refractivity contribution is 5.26. The van der Waals surface area contributed by atoms with E-state index in [0.29, 0.717) is 10.8 Å². The minimum Gasteiger partial charge on any atom is -0.0845 e. The fraction of sp³-hybridized carbons (Fsp3) is 0.939. The number of hydrogen-bond donors (Lipinski definition) is 0. The summed E-state index contributed by atoms with van der Waals surface area (Å²) in [7, 11) is 0. The highest BCUT2D eigenvalue weighted by Gasteiger charge is 2.60. The molecule has 4 rings (SSSR count). The number of fused-ring (bicyclic) bond motifs is 5. The van der Waals surface area contributed by atoms with Gasteiger partial charge in [0, 0.05) is 0 Å². The van der Waals surface area contributed by atoms with Crippen LogP contribution in [0.2, 0.25) is 0 Å². The molecule has 0 bridgehead atoms. The first kappa shape index (κ1) is 25.8. The van der Waals surface area contributed by atoms with Crippen molar-refractivity contribution in [2.24, 2.45) is 52.3 Å². The summed E-state index contributed by atoms with van der Waals surface area (Å²) in [5, 5.41) is 0. The lowest BCUT2D eigenvalue weighted by molar-refractivity contribution is -0.0654. The molecule has 0 saturated heterocycles. The minimum atomic E-state index is 0.593. The van der Waals surface area contributed by atoms with Crippen molar-refractivity contribution in [1.29, 1.82) is 0 Å². The minimum absolute atomic E-state index is 0.593. The first-order chi connectivity index (χ1) is 15.9. The fourth-order valence-electron chi connectivity index (χ4n) is 10.2. The van der Waals surface area contributed by atoms with Crippen LogP contribution in [0.5, 0.6) is 0 Å². The van der Waals surface area contributed by atoms with Crippen LogP contribution in [0, 0.1) is 52.3 Å². The summed E-state index contributed by atoms with van der Waals surface area (Å²) in [4.78, 5) is 0. The predicted molar refractivity (Wildman–Crippen MR) is 145 cm³/mol. The number of allylic oxidation sites excluding steroid dienone is 2. The van der Waals surface area contributed by atoms with Crippen LogP contribution in [0.1, 0.15) is 144 Å². The van der Waals surface area contributed by atoms with Gasteiger partial charge in [-0.3, -0.25) is 0 Å². The molecule has 0 nitrogen and oxygen atoms in total. The molecule has 0 N–H and O–H groups in total. The van der Waals surface area contributed by atoms with Gasteiger partial charge < -0.3 is 0 Å². The van der Waals surface area contributed by atoms with Crippen LogP contribution in [0.3, 0.4) is 0 Å². The summed E-state index contributed by atoms with van der Waals surface area (Å²) in [5.41, 5.74) is 3.21. The molecule has 0 aromatic rings. The third-order valence-electron chi connectivity index (χ3n) is 12.5. The fourth-order valence-corrected chi connectivity index (χ4v) is 10.2. The SMILES string of the molecule is CCC(C)CCC[C@@H](C)C[C@H]1CCC2C3CC=C4CC(CC)CC[C@]4(CC)C3CC[C@@]21CC. The van der Waals surface area contributed by atoms with Gasteiger partial charge in [-0.25, -0.2) is 0 Å². The molecule has 0 aliphatic heterocycles. The van der Waals surface area contributed by atoms with Crippen molar-refractivity contribution in [3.05, 3.63) is 11.6 Å². The van der Waals surface area contributed by atoms with E-state index >= 15 is 0 Å². The van der Waals surface area contributed by atoms with Crippen molar-refractivity contribution < 1.29 is 0 Å². The van der Waals surface area contributed by atoms with Crippen LogP contribution in [-0.4, -0.2) is 0 Å². The quantitative estimate of drug-likeness (QED) is 0.288. The molecule has 0 amide bonds. The van der Waals surface area contributed by atoms with Gasteiger partial charge in [-0.15, -0.1) is 0 Å². The molecule has 33 heavy (non-hydrogen) atoms. The summed E-state index contributed by atoms with van der Waals surface area (Å²) in [6.07, 6.45) is 26.5. The Bertz CT molecular complexity index is 659. The van der Waals surface area contributed by atoms with E-state index in [0.717, 1.165) is 41.4 Å². The van der Waals surface area contributed by atoms with Crippen molar-refractivity contribution in [2.75, 3.05) is 0 Å². The zero-order valence-corrected chi connectivity index (χ0v) is 23.4. The van der Waals surface area contributed by atoms with Crippen molar-refractivity contribution in [2.45, 2.75) is 144 Å². The third kappa shape index (κ3) is 4.65. The molecule has 0 heterocycles. The second kappa shape index (κ2) is 10.8. The molecule has 9 atom stereocenters. The van der Waals surface area contributed by atoms with Gasteiger partial charge in [0.1, 0.15) is 0 Å². The van der Waals surface area contributed by atoms with Gasteiger partial charge in [-0.2, -0.15) is 0 Å². The molecule has 4 aliphatic carbocycles. The van der Waals surface area contributed by atoms with Crippen LogP contribution in [0.25, 0.3) is 0 Å². The Balaban J connectivity index is 1.46. The van der Waals surface area contributed by atoms with E-state index < -0.39 is 0 Å². The molecule has 3 saturated carbocycles. The molecule has 0 heteroatoms. The molecular weight excluding hydrogens is 396 g/mol. The molecule has 0 aromatic carbocycles. The first-order valence-electron chi connectivity index (χ1n) is 15.6. The van der Waals surface area contributed by atoms with Crippen LogP contribution in [0.4, 0.5) is 0 Å². The summed E-state index contributed by atoms with van der Waals surface area (Å²) in [6, 6.07) is 0. The van der Waals surface area contributed by atoms with E-state index in [2.05, 4.69) is 47.6 Å². The summed E-state index contributed by atoms with van der Waals surface area (Å²) >= 11 is 0. The molecule has 0 radical (unpaired) electrons. The van der Waals surface area contributed by atoms with E-state index in [1.165, 1.54) is 77.0 Å². The van der Waals surface area contributed by atoms with Crippen LogP contribution >= 0.6 is 0 Å². The van der Waals surface area contributed by atoms with Gasteiger partial charge in [0.15, 0.2) is 0 Å². The lowest BCUT2D eigenvalue weighted by atomic mass is 9.45. The monoisotopic (exact) mass is 454 g/mol. The summed E-state index contributed by atoms with van der Waals surface area (Å²) < 4.78 is 0. The third-order valence-corrected chi connectivity index (χ3v) is 12.5. The lowest BCUT2D eigenvalue weighted by Gasteiger charge is -2.60. The largest absolute Gasteiger partial charge is 0.0845 e. The summed E-state index contributed by atoms with van der Waals surface area (Å²) in [5.74, 6) is 6.90. The van der Waals surface area contributed by atoms with E-state index in [-0.39, 0.29) is 0 Å². The highest BCUT2D eigenvalue weighted by Crippen LogP contribution is 2.69. The number of rotatable bonds is 10. The molecule has 5 unspecified atom stereocenters. The Morgan fingerprint density at radius 2 is 1.67 bits per heavy atom. The summed E-state index contributed by atoms with van der Waals surface area (Å²) in [6.45, 7) is 14.9. The Hall–Kier alpha value is -0.260. The second-order valence-corrected chi connectivity index (χ2v) is 13.6. The molecule has 4 aliphatic rings. The Labute approximate surface area is 208 Å². The van der Waals surface area contributed by atoms with Crippen molar-refractivity contribution in [3.8, 4) is 0 Å². The maximum Gasteiger partial charge on any atom is -0.00594 e. The van der Waals surface area contributed by atoms with Gasteiger partial charge in [0.25, 0.3) is 0 Å². The normalized spacial score (nSPS) is 42.1. The molecule has 3 fully saturated rings. The predicted octanol–water partition coefficient (Wildman–Crippen LogP) is 10.6. The van der Waals surface area contributed by atoms with Gasteiger partial charge in [-0.05, 0) is 123 Å². The smallest absolute Gasteiger partial charge is 0.00594 e. The first-order valence-corrected chi connectivity index (χ1v) is 15.6. The average molecular weight is 455 g/mol. The Morgan fingerprint density at radius 1 is 0.879 bits per heavy atom. The molecule has 190 valence electrons. The lowest BCUT2D eigenvalue weighted by Crippen LogP contribution is -2.51. The van der Waals surface area contributed by atoms with Crippen LogP contribution in [0.15, 0.2) is 11.6 Å². The van der Waals surface area contributed by atoms with Crippen LogP contribution in [-0.2, 0) is 0 Å². The average Bonchev–Trinajstić information content (AvgIpc) is 3.21. The van der Waals surface area contributed by atoms with E-state index in [4.69, 9.17) is 0 Å². The standard InChI is InChI=1S/C33H58/c1-7-24(5)12-11-13-25(6)22-27-15-17-30-29-16-14-28-23-26(8-2)18-20-32(28,9-3)31(29)19-21-33(27,30)10-4/h14,24-27,29-31H,7-13,15-23H2,1-6H3/t24?,25-,26?,27-,29?,30?,31?,32+,33-/m1/s1. The van der Waals surface area contributed by atoms with Crippen LogP contribution < -0.4 is 0 Å². The zero-order valence-electron chi connectivity index (χ0n) is 23.4. The highest BCUT2D eigenvalue weighted by atomic mass is 14.6. The van der Waals surface area contributed by atoms with Gasteiger partial charge >= 0.3 is 0 Å². The van der Waals surface area contributed by atoms with E-state index in [1.54, 1.807) is 25.7 Å². The zero-order chi connectivity index (χ0) is 23.6. The molecular formula is C33H58. The van der Waals surface area contributed by atoms with Gasteiger partial charge in [0.2, 0.25) is 0 Å². The van der Waals surface area contributed by atoms with Crippen molar-refractivity contribution >= 4 is 0 Å². The van der Waals surface area contributed by atoms with Gasteiger partial charge in [0.05, 0.1) is 0 Å². The maximum absolute atomic E-state index is 2.82.